The zero-order valence-electron chi connectivity index (χ0n) is 14.8. The van der Waals surface area contributed by atoms with Crippen molar-refractivity contribution in [3.05, 3.63) is 98.5 Å². The minimum Gasteiger partial charge on any atom is -0.478 e. The molecule has 1 heterocycles. The lowest BCUT2D eigenvalue weighted by molar-refractivity contribution is 0.0696. The van der Waals surface area contributed by atoms with Crippen molar-refractivity contribution in [1.82, 2.24) is 0 Å². The van der Waals surface area contributed by atoms with Gasteiger partial charge in [-0.15, -0.1) is 0 Å². The fourth-order valence-electron chi connectivity index (χ4n) is 4.76. The van der Waals surface area contributed by atoms with E-state index in [9.17, 15) is 9.90 Å². The van der Waals surface area contributed by atoms with Crippen LogP contribution in [0.5, 0.6) is 0 Å². The van der Waals surface area contributed by atoms with Gasteiger partial charge in [0.1, 0.15) is 0 Å². The van der Waals surface area contributed by atoms with Crippen molar-refractivity contribution in [2.45, 2.75) is 18.4 Å². The lowest BCUT2D eigenvalue weighted by Crippen LogP contribution is -2.30. The number of nitrogens with one attached hydrogen (secondary N) is 1. The van der Waals surface area contributed by atoms with Crippen molar-refractivity contribution in [1.29, 1.82) is 0 Å². The van der Waals surface area contributed by atoms with Gasteiger partial charge in [-0.1, -0.05) is 53.5 Å². The number of rotatable bonds is 2. The molecule has 0 amide bonds. The Kier molecular flexibility index (Phi) is 4.11. The van der Waals surface area contributed by atoms with Gasteiger partial charge in [0.2, 0.25) is 0 Å². The topological polar surface area (TPSA) is 49.3 Å². The molecule has 0 aromatic heterocycles. The molecule has 0 saturated heterocycles. The molecule has 2 N–H and O–H groups in total. The zero-order valence-corrected chi connectivity index (χ0v) is 16.3. The molecule has 28 heavy (non-hydrogen) atoms. The van der Waals surface area contributed by atoms with Crippen molar-refractivity contribution >= 4 is 34.9 Å². The Morgan fingerprint density at radius 3 is 2.57 bits per heavy atom. The van der Waals surface area contributed by atoms with Crippen LogP contribution in [-0.2, 0) is 6.42 Å². The summed E-state index contributed by atoms with van der Waals surface area (Å²) in [5, 5.41) is 14.3. The summed E-state index contributed by atoms with van der Waals surface area (Å²) in [6.07, 6.45) is 0.911. The van der Waals surface area contributed by atoms with E-state index in [2.05, 4.69) is 23.5 Å². The number of fused-ring (bicyclic) bond motifs is 5. The van der Waals surface area contributed by atoms with E-state index in [1.165, 1.54) is 11.1 Å². The highest BCUT2D eigenvalue weighted by Gasteiger charge is 2.43. The SMILES string of the molecule is O=C(O)c1ccc2c(c1)[C@@H]1c3ccccc3C[C@H]1[C@@H](c1ccc(Cl)cc1Cl)N2. The van der Waals surface area contributed by atoms with Crippen molar-refractivity contribution in [2.24, 2.45) is 5.92 Å². The van der Waals surface area contributed by atoms with Crippen molar-refractivity contribution in [3.63, 3.8) is 0 Å². The van der Waals surface area contributed by atoms with Gasteiger partial charge in [0, 0.05) is 21.7 Å². The van der Waals surface area contributed by atoms with Crippen molar-refractivity contribution < 1.29 is 9.90 Å². The van der Waals surface area contributed by atoms with Crippen molar-refractivity contribution in [3.8, 4) is 0 Å². The van der Waals surface area contributed by atoms with E-state index >= 15 is 0 Å². The van der Waals surface area contributed by atoms with E-state index in [1.54, 1.807) is 12.1 Å². The van der Waals surface area contributed by atoms with E-state index in [1.807, 2.05) is 30.3 Å². The molecule has 0 unspecified atom stereocenters. The maximum Gasteiger partial charge on any atom is 0.335 e. The molecular formula is C23H17Cl2NO2. The van der Waals surface area contributed by atoms with Crippen LogP contribution in [0.2, 0.25) is 10.0 Å². The summed E-state index contributed by atoms with van der Waals surface area (Å²) >= 11 is 12.7. The Bertz CT molecular complexity index is 1110. The van der Waals surface area contributed by atoms with Gasteiger partial charge >= 0.3 is 5.97 Å². The van der Waals surface area contributed by atoms with E-state index < -0.39 is 5.97 Å². The first kappa shape index (κ1) is 17.6. The second kappa shape index (κ2) is 6.54. The molecule has 5 heteroatoms. The number of anilines is 1. The van der Waals surface area contributed by atoms with Gasteiger partial charge in [-0.25, -0.2) is 4.79 Å². The van der Waals surface area contributed by atoms with Gasteiger partial charge in [0.05, 0.1) is 11.6 Å². The fraction of sp³-hybridized carbons (Fsp3) is 0.174. The molecular weight excluding hydrogens is 393 g/mol. The molecule has 140 valence electrons. The second-order valence-electron chi connectivity index (χ2n) is 7.44. The Hall–Kier alpha value is -2.49. The van der Waals surface area contributed by atoms with Crippen LogP contribution in [0, 0.1) is 5.92 Å². The first-order valence-electron chi connectivity index (χ1n) is 9.19. The maximum atomic E-state index is 11.5. The molecule has 0 fully saturated rings. The summed E-state index contributed by atoms with van der Waals surface area (Å²) in [5.74, 6) is -0.537. The third-order valence-corrected chi connectivity index (χ3v) is 6.51. The van der Waals surface area contributed by atoms with Crippen LogP contribution in [0.15, 0.2) is 60.7 Å². The molecule has 5 rings (SSSR count). The third-order valence-electron chi connectivity index (χ3n) is 5.94. The van der Waals surface area contributed by atoms with Gasteiger partial charge in [0.25, 0.3) is 0 Å². The molecule has 3 aromatic rings. The van der Waals surface area contributed by atoms with E-state index in [4.69, 9.17) is 23.2 Å². The molecule has 2 aliphatic rings. The minimum atomic E-state index is -0.909. The summed E-state index contributed by atoms with van der Waals surface area (Å²) in [6.45, 7) is 0. The van der Waals surface area contributed by atoms with Gasteiger partial charge in [0.15, 0.2) is 0 Å². The standard InChI is InChI=1S/C23H17Cl2NO2/c24-14-6-7-16(19(25)11-14)22-18-9-12-3-1-2-4-15(12)21(18)17-10-13(23(27)28)5-8-20(17)26-22/h1-8,10-11,18,21-22,26H,9H2,(H,27,28)/t18-,21+,22-/m1/s1. The minimum absolute atomic E-state index is 0.0188. The molecule has 0 bridgehead atoms. The second-order valence-corrected chi connectivity index (χ2v) is 8.28. The van der Waals surface area contributed by atoms with Crippen LogP contribution >= 0.6 is 23.2 Å². The largest absolute Gasteiger partial charge is 0.478 e. The Balaban J connectivity index is 1.70. The average Bonchev–Trinajstić information content (AvgIpc) is 3.07. The van der Waals surface area contributed by atoms with E-state index in [-0.39, 0.29) is 17.9 Å². The summed E-state index contributed by atoms with van der Waals surface area (Å²) in [5.41, 5.74) is 5.90. The van der Waals surface area contributed by atoms with Gasteiger partial charge < -0.3 is 10.4 Å². The Morgan fingerprint density at radius 1 is 0.964 bits per heavy atom. The van der Waals surface area contributed by atoms with Gasteiger partial charge in [-0.2, -0.15) is 0 Å². The lowest BCUT2D eigenvalue weighted by Gasteiger charge is -2.38. The average molecular weight is 410 g/mol. The number of carboxylic acids is 1. The van der Waals surface area contributed by atoms with Crippen LogP contribution < -0.4 is 5.32 Å². The zero-order chi connectivity index (χ0) is 19.4. The molecule has 1 aliphatic carbocycles. The molecule has 3 atom stereocenters. The van der Waals surface area contributed by atoms with E-state index in [0.717, 1.165) is 23.2 Å². The van der Waals surface area contributed by atoms with Gasteiger partial charge in [-0.05, 0) is 64.9 Å². The number of hydrogen-bond donors (Lipinski definition) is 2. The molecule has 0 saturated carbocycles. The molecule has 0 spiro atoms. The highest BCUT2D eigenvalue weighted by Crippen LogP contribution is 2.54. The maximum absolute atomic E-state index is 11.5. The Morgan fingerprint density at radius 2 is 1.79 bits per heavy atom. The Labute approximate surface area is 172 Å². The predicted octanol–water partition coefficient (Wildman–Crippen LogP) is 6.16. The number of hydrogen-bond acceptors (Lipinski definition) is 2. The highest BCUT2D eigenvalue weighted by molar-refractivity contribution is 6.35. The van der Waals surface area contributed by atoms with Crippen LogP contribution in [0.4, 0.5) is 5.69 Å². The number of aromatic carboxylic acids is 1. The highest BCUT2D eigenvalue weighted by atomic mass is 35.5. The number of carbonyl (C=O) groups is 1. The quantitative estimate of drug-likeness (QED) is 0.532. The molecule has 1 aliphatic heterocycles. The van der Waals surface area contributed by atoms with Crippen LogP contribution in [0.1, 0.15) is 44.6 Å². The summed E-state index contributed by atoms with van der Waals surface area (Å²) < 4.78 is 0. The van der Waals surface area contributed by atoms with E-state index in [0.29, 0.717) is 15.6 Å². The van der Waals surface area contributed by atoms with Crippen LogP contribution in [-0.4, -0.2) is 11.1 Å². The van der Waals surface area contributed by atoms with Gasteiger partial charge in [-0.3, -0.25) is 0 Å². The van der Waals surface area contributed by atoms with Crippen LogP contribution in [0.3, 0.4) is 0 Å². The lowest BCUT2D eigenvalue weighted by atomic mass is 9.75. The monoisotopic (exact) mass is 409 g/mol. The number of benzene rings is 3. The number of halogens is 2. The predicted molar refractivity (Wildman–Crippen MR) is 112 cm³/mol. The first-order valence-corrected chi connectivity index (χ1v) is 9.95. The number of carboxylic acid groups (broad SMARTS) is 1. The summed E-state index contributed by atoms with van der Waals surface area (Å²) in [7, 11) is 0. The fourth-order valence-corrected chi connectivity index (χ4v) is 5.28. The molecule has 3 nitrogen and oxygen atoms in total. The summed E-state index contributed by atoms with van der Waals surface area (Å²) in [6, 6.07) is 19.4. The van der Waals surface area contributed by atoms with Crippen LogP contribution in [0.25, 0.3) is 0 Å². The molecule has 3 aromatic carbocycles. The summed E-state index contributed by atoms with van der Waals surface area (Å²) in [4.78, 5) is 11.5. The smallest absolute Gasteiger partial charge is 0.335 e. The normalized spacial score (nSPS) is 22.0. The van der Waals surface area contributed by atoms with Crippen molar-refractivity contribution in [2.75, 3.05) is 5.32 Å². The first-order chi connectivity index (χ1) is 13.5. The third kappa shape index (κ3) is 2.69. The molecule has 0 radical (unpaired) electrons.